The molecule has 102 valence electrons. The molecule has 0 saturated carbocycles. The lowest BCUT2D eigenvalue weighted by molar-refractivity contribution is 0.478. The van der Waals surface area contributed by atoms with Crippen molar-refractivity contribution in [3.63, 3.8) is 0 Å². The number of hydrogen-bond donors (Lipinski definition) is 1. The zero-order valence-electron chi connectivity index (χ0n) is 10.6. The fraction of sp³-hybridized carbons (Fsp3) is 0.308. The molecule has 0 saturated heterocycles. The van der Waals surface area contributed by atoms with E-state index in [-0.39, 0.29) is 6.04 Å². The molecule has 0 aliphatic carbocycles. The molecule has 0 spiro atoms. The van der Waals surface area contributed by atoms with Gasteiger partial charge in [-0.1, -0.05) is 12.1 Å². The van der Waals surface area contributed by atoms with Gasteiger partial charge in [-0.15, -0.1) is 0 Å². The number of aryl methyl sites for hydroxylation is 1. The molecule has 0 radical (unpaired) electrons. The van der Waals surface area contributed by atoms with Crippen LogP contribution in [0.2, 0.25) is 0 Å². The minimum Gasteiger partial charge on any atom is -0.311 e. The average molecular weight is 330 g/mol. The number of aromatic nitrogens is 2. The predicted octanol–water partition coefficient (Wildman–Crippen LogP) is 2.96. The highest BCUT2D eigenvalue weighted by Gasteiger charge is 2.20. The van der Waals surface area contributed by atoms with Crippen LogP contribution in [-0.2, 0) is 13.5 Å². The second kappa shape index (κ2) is 5.79. The fourth-order valence-corrected chi connectivity index (χ4v) is 2.70. The molecule has 0 aliphatic heterocycles. The third-order valence-corrected chi connectivity index (χ3v) is 3.68. The van der Waals surface area contributed by atoms with Crippen LogP contribution in [0.25, 0.3) is 0 Å². The molecule has 0 aliphatic rings. The molecule has 3 nitrogen and oxygen atoms in total. The smallest absolute Gasteiger partial charge is 0.162 e. The maximum atomic E-state index is 13.7. The Morgan fingerprint density at radius 1 is 1.42 bits per heavy atom. The zero-order valence-corrected chi connectivity index (χ0v) is 12.2. The van der Waals surface area contributed by atoms with E-state index in [1.165, 1.54) is 6.07 Å². The maximum absolute atomic E-state index is 13.7. The summed E-state index contributed by atoms with van der Waals surface area (Å²) in [5.74, 6) is -1.61. The van der Waals surface area contributed by atoms with Crippen LogP contribution in [0.5, 0.6) is 0 Å². The number of nitrogens with one attached hydrogen (secondary N) is 1. The van der Waals surface area contributed by atoms with Crippen molar-refractivity contribution < 1.29 is 8.78 Å². The third kappa shape index (κ3) is 2.84. The number of halogens is 3. The normalized spacial score (nSPS) is 12.7. The van der Waals surface area contributed by atoms with Crippen molar-refractivity contribution >= 4 is 15.9 Å². The number of nitrogens with zero attached hydrogens (tertiary/aromatic N) is 2. The van der Waals surface area contributed by atoms with Gasteiger partial charge in [0, 0.05) is 7.05 Å². The third-order valence-electron chi connectivity index (χ3n) is 3.07. The van der Waals surface area contributed by atoms with Crippen molar-refractivity contribution in [1.82, 2.24) is 15.1 Å². The summed E-state index contributed by atoms with van der Waals surface area (Å²) in [5, 5.41) is 7.23. The van der Waals surface area contributed by atoms with Gasteiger partial charge in [0.15, 0.2) is 11.6 Å². The van der Waals surface area contributed by atoms with E-state index < -0.39 is 11.6 Å². The lowest BCUT2D eigenvalue weighted by atomic mass is 10.0. The topological polar surface area (TPSA) is 29.9 Å². The van der Waals surface area contributed by atoms with Crippen molar-refractivity contribution in [2.24, 2.45) is 7.05 Å². The first-order chi connectivity index (χ1) is 9.04. The van der Waals surface area contributed by atoms with E-state index in [4.69, 9.17) is 0 Å². The summed E-state index contributed by atoms with van der Waals surface area (Å²) in [4.78, 5) is 0. The van der Waals surface area contributed by atoms with Gasteiger partial charge in [-0.2, -0.15) is 5.10 Å². The molecule has 19 heavy (non-hydrogen) atoms. The van der Waals surface area contributed by atoms with E-state index in [1.54, 1.807) is 24.0 Å². The van der Waals surface area contributed by atoms with Crippen molar-refractivity contribution in [3.8, 4) is 0 Å². The Bertz CT molecular complexity index is 564. The van der Waals surface area contributed by atoms with Crippen molar-refractivity contribution in [2.75, 3.05) is 7.05 Å². The zero-order chi connectivity index (χ0) is 14.0. The molecule has 1 heterocycles. The van der Waals surface area contributed by atoms with E-state index >= 15 is 0 Å². The Morgan fingerprint density at radius 2 is 2.16 bits per heavy atom. The first-order valence-corrected chi connectivity index (χ1v) is 6.61. The molecule has 1 unspecified atom stereocenters. The second-order valence-corrected chi connectivity index (χ2v) is 5.11. The highest BCUT2D eigenvalue weighted by Crippen LogP contribution is 2.26. The van der Waals surface area contributed by atoms with E-state index in [2.05, 4.69) is 26.3 Å². The summed E-state index contributed by atoms with van der Waals surface area (Å²) in [7, 11) is 3.59. The molecule has 6 heteroatoms. The minimum absolute atomic E-state index is 0.154. The lowest BCUT2D eigenvalue weighted by Crippen LogP contribution is -2.22. The van der Waals surface area contributed by atoms with Crippen LogP contribution in [-0.4, -0.2) is 16.8 Å². The van der Waals surface area contributed by atoms with Crippen molar-refractivity contribution in [2.45, 2.75) is 12.5 Å². The van der Waals surface area contributed by atoms with Crippen LogP contribution in [0.3, 0.4) is 0 Å². The molecule has 1 aromatic carbocycles. The molecular weight excluding hydrogens is 316 g/mol. The summed E-state index contributed by atoms with van der Waals surface area (Å²) >= 11 is 3.41. The molecule has 0 amide bonds. The van der Waals surface area contributed by atoms with Crippen LogP contribution < -0.4 is 5.32 Å². The summed E-state index contributed by atoms with van der Waals surface area (Å²) in [5.41, 5.74) is 1.23. The Hall–Kier alpha value is -1.27. The Morgan fingerprint density at radius 3 is 2.74 bits per heavy atom. The van der Waals surface area contributed by atoms with E-state index in [9.17, 15) is 8.78 Å². The van der Waals surface area contributed by atoms with E-state index in [0.717, 1.165) is 16.2 Å². The molecule has 1 N–H and O–H groups in total. The van der Waals surface area contributed by atoms with Crippen LogP contribution in [0.1, 0.15) is 17.3 Å². The number of rotatable bonds is 4. The summed E-state index contributed by atoms with van der Waals surface area (Å²) in [6.07, 6.45) is 2.03. The van der Waals surface area contributed by atoms with Gasteiger partial charge in [0.1, 0.15) is 0 Å². The molecule has 2 rings (SSSR count). The van der Waals surface area contributed by atoms with Gasteiger partial charge in [-0.05, 0) is 41.0 Å². The highest BCUT2D eigenvalue weighted by atomic mass is 79.9. The van der Waals surface area contributed by atoms with Gasteiger partial charge in [-0.3, -0.25) is 4.68 Å². The standard InChI is InChI=1S/C13H14BrF2N3/c1-17-11(13-9(14)7-18-19(13)2)6-8-4-3-5-10(15)12(8)16/h3-5,7,11,17H,6H2,1-2H3. The minimum atomic E-state index is -0.823. The summed E-state index contributed by atoms with van der Waals surface area (Å²) < 4.78 is 29.5. The Balaban J connectivity index is 2.32. The molecule has 1 aromatic heterocycles. The van der Waals surface area contributed by atoms with Crippen molar-refractivity contribution in [1.29, 1.82) is 0 Å². The summed E-state index contributed by atoms with van der Waals surface area (Å²) in [6, 6.07) is 4.07. The second-order valence-electron chi connectivity index (χ2n) is 4.26. The largest absolute Gasteiger partial charge is 0.311 e. The van der Waals surface area contributed by atoms with Crippen LogP contribution in [0.4, 0.5) is 8.78 Å². The average Bonchev–Trinajstić information content (AvgIpc) is 2.72. The maximum Gasteiger partial charge on any atom is 0.162 e. The van der Waals surface area contributed by atoms with Gasteiger partial charge in [0.25, 0.3) is 0 Å². The Labute approximate surface area is 118 Å². The summed E-state index contributed by atoms with van der Waals surface area (Å²) in [6.45, 7) is 0. The molecule has 1 atom stereocenters. The molecule has 2 aromatic rings. The quantitative estimate of drug-likeness (QED) is 0.934. The van der Waals surface area contributed by atoms with E-state index in [0.29, 0.717) is 12.0 Å². The van der Waals surface area contributed by atoms with Gasteiger partial charge < -0.3 is 5.32 Å². The van der Waals surface area contributed by atoms with Gasteiger partial charge >= 0.3 is 0 Å². The lowest BCUT2D eigenvalue weighted by Gasteiger charge is -2.18. The first kappa shape index (κ1) is 14.1. The number of likely N-dealkylation sites (N-methyl/N-ethyl adjacent to an activating group) is 1. The molecule has 0 fully saturated rings. The molecular formula is C13H14BrF2N3. The van der Waals surface area contributed by atoms with E-state index in [1.807, 2.05) is 7.05 Å². The van der Waals surface area contributed by atoms with Gasteiger partial charge in [0.2, 0.25) is 0 Å². The number of benzene rings is 1. The fourth-order valence-electron chi connectivity index (χ4n) is 2.07. The highest BCUT2D eigenvalue weighted by molar-refractivity contribution is 9.10. The van der Waals surface area contributed by atoms with Crippen molar-refractivity contribution in [3.05, 3.63) is 51.8 Å². The molecule has 0 bridgehead atoms. The Kier molecular flexibility index (Phi) is 4.31. The van der Waals surface area contributed by atoms with Gasteiger partial charge in [-0.25, -0.2) is 8.78 Å². The van der Waals surface area contributed by atoms with Crippen LogP contribution >= 0.6 is 15.9 Å². The first-order valence-electron chi connectivity index (χ1n) is 5.82. The van der Waals surface area contributed by atoms with Gasteiger partial charge in [0.05, 0.1) is 22.4 Å². The monoisotopic (exact) mass is 329 g/mol. The van der Waals surface area contributed by atoms with Crippen LogP contribution in [0.15, 0.2) is 28.9 Å². The SMILES string of the molecule is CNC(Cc1cccc(F)c1F)c1c(Br)cnn1C. The van der Waals surface area contributed by atoms with Crippen LogP contribution in [0, 0.1) is 11.6 Å². The predicted molar refractivity (Wildman–Crippen MR) is 72.8 cm³/mol. The number of hydrogen-bond acceptors (Lipinski definition) is 2.